The average Bonchev–Trinajstić information content (AvgIpc) is 2.55. The molecule has 0 fully saturated rings. The van der Waals surface area contributed by atoms with E-state index in [1.54, 1.807) is 0 Å². The summed E-state index contributed by atoms with van der Waals surface area (Å²) in [5.41, 5.74) is 5.31. The number of carbonyl (C=O) groups is 4. The number of hydrogen-bond acceptors (Lipinski definition) is 8. The number of rotatable bonds is 10. The first-order valence-corrected chi connectivity index (χ1v) is 7.53. The van der Waals surface area contributed by atoms with E-state index in [0.717, 1.165) is 0 Å². The zero-order valence-corrected chi connectivity index (χ0v) is 13.8. The van der Waals surface area contributed by atoms with Gasteiger partial charge in [-0.2, -0.15) is 12.6 Å². The fourth-order valence-corrected chi connectivity index (χ4v) is 1.67. The Hall–Kier alpha value is -1.89. The molecule has 0 aliphatic heterocycles. The highest BCUT2D eigenvalue weighted by molar-refractivity contribution is 7.80. The molecule has 4 atom stereocenters. The molecule has 138 valence electrons. The van der Waals surface area contributed by atoms with Crippen LogP contribution in [0.5, 0.6) is 0 Å². The molecule has 0 rings (SSSR count). The molecule has 0 bridgehead atoms. The molecule has 8 N–H and O–H groups in total. The molecular formula is C12H22N4O7S. The minimum Gasteiger partial charge on any atom is -0.480 e. The van der Waals surface area contributed by atoms with Crippen molar-refractivity contribution in [2.24, 2.45) is 5.73 Å². The summed E-state index contributed by atoms with van der Waals surface area (Å²) in [5, 5.41) is 32.9. The standard InChI is InChI=1S/C12H22N4O7S/c1-5(9(19)15-7(3-18)12(22)23)14-11(21)8(4-24)16-10(20)6(13)2-17/h5-8,17-18,24H,2-4,13H2,1H3,(H,14,21)(H,15,19)(H,16,20)(H,22,23). The SMILES string of the molecule is CC(NC(=O)C(CS)NC(=O)C(N)CO)C(=O)NC(CO)C(=O)O. The quantitative estimate of drug-likeness (QED) is 0.178. The van der Waals surface area contributed by atoms with E-state index >= 15 is 0 Å². The summed E-state index contributed by atoms with van der Waals surface area (Å²) in [6.45, 7) is -0.125. The summed E-state index contributed by atoms with van der Waals surface area (Å²) >= 11 is 3.91. The Labute approximate surface area is 143 Å². The third-order valence-corrected chi connectivity index (χ3v) is 3.26. The highest BCUT2D eigenvalue weighted by Gasteiger charge is 2.27. The van der Waals surface area contributed by atoms with E-state index in [9.17, 15) is 19.2 Å². The Morgan fingerprint density at radius 3 is 1.92 bits per heavy atom. The predicted octanol–water partition coefficient (Wildman–Crippen LogP) is -4.21. The van der Waals surface area contributed by atoms with Crippen LogP contribution >= 0.6 is 12.6 Å². The molecule has 0 radical (unpaired) electrons. The van der Waals surface area contributed by atoms with Gasteiger partial charge in [0.05, 0.1) is 13.2 Å². The van der Waals surface area contributed by atoms with Crippen LogP contribution in [-0.4, -0.2) is 82.1 Å². The average molecular weight is 366 g/mol. The first-order valence-electron chi connectivity index (χ1n) is 6.89. The van der Waals surface area contributed by atoms with Gasteiger partial charge in [0.1, 0.15) is 24.2 Å². The second kappa shape index (κ2) is 10.8. The van der Waals surface area contributed by atoms with Crippen molar-refractivity contribution in [3.8, 4) is 0 Å². The van der Waals surface area contributed by atoms with Crippen molar-refractivity contribution in [2.75, 3.05) is 19.0 Å². The Bertz CT molecular complexity index is 476. The molecular weight excluding hydrogens is 344 g/mol. The smallest absolute Gasteiger partial charge is 0.328 e. The monoisotopic (exact) mass is 366 g/mol. The van der Waals surface area contributed by atoms with Crippen LogP contribution in [0, 0.1) is 0 Å². The molecule has 0 saturated heterocycles. The van der Waals surface area contributed by atoms with E-state index in [2.05, 4.69) is 23.3 Å². The van der Waals surface area contributed by atoms with Crippen LogP contribution in [0.25, 0.3) is 0 Å². The van der Waals surface area contributed by atoms with Gasteiger partial charge in [0.15, 0.2) is 0 Å². The fourth-order valence-electron chi connectivity index (χ4n) is 1.42. The van der Waals surface area contributed by atoms with Gasteiger partial charge in [-0.05, 0) is 6.92 Å². The predicted molar refractivity (Wildman–Crippen MR) is 85.1 cm³/mol. The molecule has 0 aliphatic carbocycles. The van der Waals surface area contributed by atoms with Crippen molar-refractivity contribution < 1.29 is 34.5 Å². The number of carboxylic acids is 1. The topological polar surface area (TPSA) is 191 Å². The minimum atomic E-state index is -1.50. The molecule has 0 aromatic carbocycles. The highest BCUT2D eigenvalue weighted by atomic mass is 32.1. The third-order valence-electron chi connectivity index (χ3n) is 2.90. The van der Waals surface area contributed by atoms with Gasteiger partial charge < -0.3 is 37.0 Å². The van der Waals surface area contributed by atoms with Gasteiger partial charge in [-0.25, -0.2) is 4.79 Å². The summed E-state index contributed by atoms with van der Waals surface area (Å²) in [5.74, 6) is -3.88. The van der Waals surface area contributed by atoms with E-state index in [1.807, 2.05) is 5.32 Å². The lowest BCUT2D eigenvalue weighted by Gasteiger charge is -2.21. The van der Waals surface area contributed by atoms with E-state index < -0.39 is 61.1 Å². The van der Waals surface area contributed by atoms with Gasteiger partial charge in [0.2, 0.25) is 17.7 Å². The normalized spacial score (nSPS) is 15.5. The molecule has 0 aromatic heterocycles. The lowest BCUT2D eigenvalue weighted by atomic mass is 10.2. The van der Waals surface area contributed by atoms with Crippen LogP contribution in [0.1, 0.15) is 6.92 Å². The van der Waals surface area contributed by atoms with E-state index in [-0.39, 0.29) is 5.75 Å². The second-order valence-corrected chi connectivity index (χ2v) is 5.21. The van der Waals surface area contributed by atoms with E-state index in [4.69, 9.17) is 21.1 Å². The number of aliphatic hydroxyl groups excluding tert-OH is 2. The van der Waals surface area contributed by atoms with Crippen LogP contribution in [0.2, 0.25) is 0 Å². The number of carboxylic acid groups (broad SMARTS) is 1. The number of aliphatic hydroxyl groups is 2. The number of aliphatic carboxylic acids is 1. The molecule has 0 aromatic rings. The summed E-state index contributed by atoms with van der Waals surface area (Å²) in [6, 6.07) is -4.94. The van der Waals surface area contributed by atoms with Crippen molar-refractivity contribution in [1.82, 2.24) is 16.0 Å². The van der Waals surface area contributed by atoms with Gasteiger partial charge in [-0.1, -0.05) is 0 Å². The zero-order valence-electron chi connectivity index (χ0n) is 12.9. The van der Waals surface area contributed by atoms with E-state index in [0.29, 0.717) is 0 Å². The Morgan fingerprint density at radius 1 is 0.958 bits per heavy atom. The van der Waals surface area contributed by atoms with Gasteiger partial charge >= 0.3 is 5.97 Å². The second-order valence-electron chi connectivity index (χ2n) is 4.85. The molecule has 12 heteroatoms. The minimum absolute atomic E-state index is 0.0988. The Balaban J connectivity index is 4.67. The fraction of sp³-hybridized carbons (Fsp3) is 0.667. The first kappa shape index (κ1) is 22.1. The van der Waals surface area contributed by atoms with Crippen molar-refractivity contribution in [3.63, 3.8) is 0 Å². The van der Waals surface area contributed by atoms with Crippen molar-refractivity contribution >= 4 is 36.3 Å². The molecule has 0 saturated carbocycles. The third kappa shape index (κ3) is 7.12. The van der Waals surface area contributed by atoms with Gasteiger partial charge in [0.25, 0.3) is 0 Å². The number of hydrogen-bond donors (Lipinski definition) is 8. The van der Waals surface area contributed by atoms with Crippen molar-refractivity contribution in [3.05, 3.63) is 0 Å². The van der Waals surface area contributed by atoms with Crippen molar-refractivity contribution in [1.29, 1.82) is 0 Å². The van der Waals surface area contributed by atoms with Crippen LogP contribution in [0.4, 0.5) is 0 Å². The lowest BCUT2D eigenvalue weighted by molar-refractivity contribution is -0.143. The highest BCUT2D eigenvalue weighted by Crippen LogP contribution is 1.94. The summed E-state index contributed by atoms with van der Waals surface area (Å²) in [6.07, 6.45) is 0. The summed E-state index contributed by atoms with van der Waals surface area (Å²) < 4.78 is 0. The number of carbonyl (C=O) groups excluding carboxylic acids is 3. The van der Waals surface area contributed by atoms with Crippen LogP contribution in [0.15, 0.2) is 0 Å². The van der Waals surface area contributed by atoms with Crippen LogP contribution in [-0.2, 0) is 19.2 Å². The first-order chi connectivity index (χ1) is 11.2. The summed E-state index contributed by atoms with van der Waals surface area (Å²) in [4.78, 5) is 46.1. The number of nitrogens with one attached hydrogen (secondary N) is 3. The summed E-state index contributed by atoms with van der Waals surface area (Å²) in [7, 11) is 0. The molecule has 0 spiro atoms. The van der Waals surface area contributed by atoms with Gasteiger partial charge in [-0.15, -0.1) is 0 Å². The van der Waals surface area contributed by atoms with Crippen LogP contribution in [0.3, 0.4) is 0 Å². The molecule has 11 nitrogen and oxygen atoms in total. The largest absolute Gasteiger partial charge is 0.480 e. The maximum absolute atomic E-state index is 12.0. The van der Waals surface area contributed by atoms with E-state index in [1.165, 1.54) is 6.92 Å². The van der Waals surface area contributed by atoms with Gasteiger partial charge in [0, 0.05) is 5.75 Å². The molecule has 0 heterocycles. The van der Waals surface area contributed by atoms with Crippen molar-refractivity contribution in [2.45, 2.75) is 31.1 Å². The van der Waals surface area contributed by atoms with Crippen LogP contribution < -0.4 is 21.7 Å². The lowest BCUT2D eigenvalue weighted by Crippen LogP contribution is -2.57. The Morgan fingerprint density at radius 2 is 1.50 bits per heavy atom. The molecule has 0 aliphatic rings. The molecule has 3 amide bonds. The maximum atomic E-state index is 12.0. The number of amides is 3. The molecule has 4 unspecified atom stereocenters. The number of thiol groups is 1. The maximum Gasteiger partial charge on any atom is 0.328 e. The Kier molecular flexibility index (Phi) is 9.95. The molecule has 24 heavy (non-hydrogen) atoms. The zero-order chi connectivity index (χ0) is 18.9. The van der Waals surface area contributed by atoms with Gasteiger partial charge in [-0.3, -0.25) is 14.4 Å². The number of nitrogens with two attached hydrogens (primary N) is 1.